The number of halogens is 3. The van der Waals surface area contributed by atoms with E-state index in [9.17, 15) is 4.48 Å². The minimum absolute atomic E-state index is 0.0950. The number of hydrogen-bond acceptors (Lipinski definition) is 1. The van der Waals surface area contributed by atoms with Gasteiger partial charge in [-0.25, -0.2) is 5.12 Å². The minimum Gasteiger partial charge on any atom is -0.212 e. The van der Waals surface area contributed by atoms with E-state index in [0.717, 1.165) is 0 Å². The Balaban J connectivity index is 2.74. The highest BCUT2D eigenvalue weighted by Crippen LogP contribution is 2.18. The van der Waals surface area contributed by atoms with Gasteiger partial charge in [0.2, 0.25) is 0 Å². The maximum absolute atomic E-state index is 12.2. The summed E-state index contributed by atoms with van der Waals surface area (Å²) in [5.74, 6) is 0. The summed E-state index contributed by atoms with van der Waals surface area (Å²) in [4.78, 5) is 0. The number of hydrogen-bond donors (Lipinski definition) is 0. The Labute approximate surface area is 62.3 Å². The van der Waals surface area contributed by atoms with E-state index in [1.54, 1.807) is 0 Å². The zero-order valence-electron chi connectivity index (χ0n) is 4.44. The molecule has 0 unspecified atom stereocenters. The van der Waals surface area contributed by atoms with Gasteiger partial charge in [0.25, 0.3) is 0 Å². The van der Waals surface area contributed by atoms with Gasteiger partial charge >= 0.3 is 0 Å². The van der Waals surface area contributed by atoms with Gasteiger partial charge in [0.05, 0.1) is 17.8 Å². The van der Waals surface area contributed by atoms with Gasteiger partial charge < -0.3 is 0 Å². The Morgan fingerprint density at radius 3 is 2.67 bits per heavy atom. The standard InChI is InChI=1S/C5H4Cl2FN/c6-4-1-5(7)3-9(8)2-4/h1-2H,3H2. The Morgan fingerprint density at radius 2 is 2.22 bits per heavy atom. The van der Waals surface area contributed by atoms with Gasteiger partial charge in [-0.2, -0.15) is 0 Å². The first-order chi connectivity index (χ1) is 4.18. The fourth-order valence-electron chi connectivity index (χ4n) is 0.556. The van der Waals surface area contributed by atoms with Crippen molar-refractivity contribution in [2.24, 2.45) is 0 Å². The first-order valence-electron chi connectivity index (χ1n) is 2.34. The van der Waals surface area contributed by atoms with Crippen LogP contribution in [0.1, 0.15) is 0 Å². The molecule has 0 fully saturated rings. The molecule has 1 aliphatic rings. The third-order valence-corrected chi connectivity index (χ3v) is 1.30. The Bertz CT molecular complexity index is 176. The van der Waals surface area contributed by atoms with Crippen molar-refractivity contribution >= 4 is 23.2 Å². The van der Waals surface area contributed by atoms with Crippen LogP contribution in [0.2, 0.25) is 0 Å². The summed E-state index contributed by atoms with van der Waals surface area (Å²) in [6.45, 7) is 0.0950. The lowest BCUT2D eigenvalue weighted by Crippen LogP contribution is -2.10. The van der Waals surface area contributed by atoms with Crippen molar-refractivity contribution in [3.05, 3.63) is 22.3 Å². The van der Waals surface area contributed by atoms with Crippen LogP contribution in [0.15, 0.2) is 22.3 Å². The molecule has 0 aromatic rings. The smallest absolute Gasteiger partial charge is 0.0856 e. The van der Waals surface area contributed by atoms with Gasteiger partial charge in [-0.15, -0.1) is 4.48 Å². The van der Waals surface area contributed by atoms with E-state index >= 15 is 0 Å². The van der Waals surface area contributed by atoms with Crippen LogP contribution in [-0.4, -0.2) is 11.7 Å². The van der Waals surface area contributed by atoms with Crippen LogP contribution in [-0.2, 0) is 0 Å². The minimum atomic E-state index is 0.0950. The molecule has 0 saturated carbocycles. The molecule has 0 N–H and O–H groups in total. The molecule has 0 atom stereocenters. The van der Waals surface area contributed by atoms with Crippen molar-refractivity contribution < 1.29 is 4.48 Å². The molecule has 0 amide bonds. The average Bonchev–Trinajstić information content (AvgIpc) is 1.59. The lowest BCUT2D eigenvalue weighted by atomic mass is 10.4. The van der Waals surface area contributed by atoms with Crippen molar-refractivity contribution in [3.63, 3.8) is 0 Å². The third-order valence-electron chi connectivity index (χ3n) is 0.860. The number of rotatable bonds is 0. The summed E-state index contributed by atoms with van der Waals surface area (Å²) in [6, 6.07) is 0. The largest absolute Gasteiger partial charge is 0.212 e. The molecule has 1 nitrogen and oxygen atoms in total. The summed E-state index contributed by atoms with van der Waals surface area (Å²) in [7, 11) is 0. The lowest BCUT2D eigenvalue weighted by molar-refractivity contribution is 0.103. The van der Waals surface area contributed by atoms with Crippen LogP contribution in [0.25, 0.3) is 0 Å². The maximum Gasteiger partial charge on any atom is 0.0856 e. The van der Waals surface area contributed by atoms with E-state index in [-0.39, 0.29) is 6.54 Å². The van der Waals surface area contributed by atoms with Gasteiger partial charge in [0.15, 0.2) is 0 Å². The molecule has 4 heteroatoms. The average molecular weight is 168 g/mol. The lowest BCUT2D eigenvalue weighted by Gasteiger charge is -2.11. The fraction of sp³-hybridized carbons (Fsp3) is 0.200. The van der Waals surface area contributed by atoms with Crippen LogP contribution in [0.5, 0.6) is 0 Å². The van der Waals surface area contributed by atoms with Crippen molar-refractivity contribution in [3.8, 4) is 0 Å². The second-order valence-corrected chi connectivity index (χ2v) is 2.58. The molecule has 0 aromatic heterocycles. The molecule has 1 heterocycles. The first kappa shape index (κ1) is 6.90. The maximum atomic E-state index is 12.2. The summed E-state index contributed by atoms with van der Waals surface area (Å²) >= 11 is 10.9. The predicted molar refractivity (Wildman–Crippen MR) is 35.7 cm³/mol. The summed E-state index contributed by atoms with van der Waals surface area (Å²) in [6.07, 6.45) is 2.69. The molecule has 1 aliphatic heterocycles. The third kappa shape index (κ3) is 1.88. The normalized spacial score (nSPS) is 19.2. The Morgan fingerprint density at radius 1 is 1.56 bits per heavy atom. The van der Waals surface area contributed by atoms with E-state index in [1.165, 1.54) is 12.3 Å². The topological polar surface area (TPSA) is 3.24 Å². The Hall–Kier alpha value is -0.210. The molecule has 0 bridgehead atoms. The van der Waals surface area contributed by atoms with Crippen molar-refractivity contribution in [2.75, 3.05) is 6.54 Å². The summed E-state index contributed by atoms with van der Waals surface area (Å²) in [5, 5.41) is 1.16. The second-order valence-electron chi connectivity index (χ2n) is 1.66. The SMILES string of the molecule is FN1C=C(Cl)C=C(Cl)C1. The van der Waals surface area contributed by atoms with E-state index in [2.05, 4.69) is 0 Å². The van der Waals surface area contributed by atoms with Gasteiger partial charge in [0.1, 0.15) is 0 Å². The van der Waals surface area contributed by atoms with Crippen LogP contribution < -0.4 is 0 Å². The molecule has 1 rings (SSSR count). The highest BCUT2D eigenvalue weighted by Gasteiger charge is 2.06. The van der Waals surface area contributed by atoms with Gasteiger partial charge in [-0.05, 0) is 6.08 Å². The molecule has 0 aromatic carbocycles. The molecule has 50 valence electrons. The molecule has 0 spiro atoms. The van der Waals surface area contributed by atoms with E-state index < -0.39 is 0 Å². The molecule has 0 radical (unpaired) electrons. The second kappa shape index (κ2) is 2.58. The summed E-state index contributed by atoms with van der Waals surface area (Å²) < 4.78 is 12.2. The van der Waals surface area contributed by atoms with Gasteiger partial charge in [0, 0.05) is 5.03 Å². The van der Waals surface area contributed by atoms with Crippen molar-refractivity contribution in [2.45, 2.75) is 0 Å². The molecule has 0 aliphatic carbocycles. The monoisotopic (exact) mass is 167 g/mol. The van der Waals surface area contributed by atoms with Crippen LogP contribution in [0, 0.1) is 0 Å². The van der Waals surface area contributed by atoms with Crippen molar-refractivity contribution in [1.82, 2.24) is 5.12 Å². The van der Waals surface area contributed by atoms with Crippen molar-refractivity contribution in [1.29, 1.82) is 0 Å². The number of allylic oxidation sites excluding steroid dienone is 2. The van der Waals surface area contributed by atoms with E-state index in [1.807, 2.05) is 0 Å². The van der Waals surface area contributed by atoms with Crippen LogP contribution in [0.4, 0.5) is 4.48 Å². The molecule has 0 saturated heterocycles. The first-order valence-corrected chi connectivity index (χ1v) is 3.10. The fourth-order valence-corrected chi connectivity index (χ4v) is 1.08. The molecular weight excluding hydrogens is 164 g/mol. The zero-order chi connectivity index (χ0) is 6.85. The molecule has 9 heavy (non-hydrogen) atoms. The summed E-state index contributed by atoms with van der Waals surface area (Å²) in [5.41, 5.74) is 0. The zero-order valence-corrected chi connectivity index (χ0v) is 5.95. The van der Waals surface area contributed by atoms with Gasteiger partial charge in [-0.1, -0.05) is 23.2 Å². The quantitative estimate of drug-likeness (QED) is 0.502. The Kier molecular flexibility index (Phi) is 1.98. The highest BCUT2D eigenvalue weighted by molar-refractivity contribution is 6.34. The number of nitrogens with zero attached hydrogens (tertiary/aromatic N) is 1. The van der Waals surface area contributed by atoms with E-state index in [0.29, 0.717) is 15.2 Å². The van der Waals surface area contributed by atoms with Crippen LogP contribution in [0.3, 0.4) is 0 Å². The molecular formula is C5H4Cl2FN. The van der Waals surface area contributed by atoms with Crippen LogP contribution >= 0.6 is 23.2 Å². The van der Waals surface area contributed by atoms with Gasteiger partial charge in [-0.3, -0.25) is 0 Å². The predicted octanol–water partition coefficient (Wildman–Crippen LogP) is 2.39. The van der Waals surface area contributed by atoms with E-state index in [4.69, 9.17) is 23.2 Å². The highest BCUT2D eigenvalue weighted by atomic mass is 35.5.